The van der Waals surface area contributed by atoms with Gasteiger partial charge >= 0.3 is 5.97 Å². The van der Waals surface area contributed by atoms with Crippen LogP contribution in [0.15, 0.2) is 53.4 Å². The third-order valence-corrected chi connectivity index (χ3v) is 7.32. The third-order valence-electron chi connectivity index (χ3n) is 5.49. The lowest BCUT2D eigenvalue weighted by Gasteiger charge is -2.34. The van der Waals surface area contributed by atoms with Crippen molar-refractivity contribution in [3.8, 4) is 0 Å². The molecule has 1 aliphatic heterocycles. The van der Waals surface area contributed by atoms with Crippen LogP contribution in [0.1, 0.15) is 41.8 Å². The number of piperidine rings is 1. The number of amides is 1. The lowest BCUT2D eigenvalue weighted by molar-refractivity contribution is -0.124. The predicted octanol–water partition coefficient (Wildman–Crippen LogP) is 3.13. The van der Waals surface area contributed by atoms with E-state index in [4.69, 9.17) is 4.74 Å². The van der Waals surface area contributed by atoms with E-state index in [0.29, 0.717) is 19.6 Å². The third kappa shape index (κ3) is 6.17. The number of sulfonamides is 1. The number of carbonyl (C=O) groups excluding carboxylic acids is 2. The summed E-state index contributed by atoms with van der Waals surface area (Å²) in [6.45, 7) is 6.87. The Morgan fingerprint density at radius 2 is 1.72 bits per heavy atom. The van der Waals surface area contributed by atoms with Crippen LogP contribution in [0.5, 0.6) is 0 Å². The van der Waals surface area contributed by atoms with Crippen molar-refractivity contribution in [1.82, 2.24) is 9.62 Å². The topological polar surface area (TPSA) is 92.8 Å². The summed E-state index contributed by atoms with van der Waals surface area (Å²) in [6, 6.07) is 13.5. The van der Waals surface area contributed by atoms with E-state index in [1.807, 2.05) is 45.0 Å². The number of hydrogen-bond acceptors (Lipinski definition) is 5. The predicted molar refractivity (Wildman–Crippen MR) is 121 cm³/mol. The summed E-state index contributed by atoms with van der Waals surface area (Å²) < 4.78 is 32.7. The summed E-state index contributed by atoms with van der Waals surface area (Å²) in [5, 5.41) is 2.69. The molecule has 1 fully saturated rings. The average Bonchev–Trinajstić information content (AvgIpc) is 2.76. The van der Waals surface area contributed by atoms with Gasteiger partial charge in [-0.2, -0.15) is 4.31 Å². The monoisotopic (exact) mass is 458 g/mol. The highest BCUT2D eigenvalue weighted by molar-refractivity contribution is 7.89. The van der Waals surface area contributed by atoms with Crippen LogP contribution in [0.2, 0.25) is 0 Å². The molecule has 0 spiro atoms. The normalized spacial score (nSPS) is 19.3. The Balaban J connectivity index is 1.58. The maximum absolute atomic E-state index is 13.1. The number of hydrogen-bond donors (Lipinski definition) is 1. The van der Waals surface area contributed by atoms with Crippen LogP contribution in [0.25, 0.3) is 0 Å². The maximum atomic E-state index is 13.1. The summed E-state index contributed by atoms with van der Waals surface area (Å²) in [6.07, 6.45) is 0.990. The van der Waals surface area contributed by atoms with Crippen molar-refractivity contribution in [2.75, 3.05) is 19.7 Å². The van der Waals surface area contributed by atoms with E-state index in [1.54, 1.807) is 0 Å². The minimum Gasteiger partial charge on any atom is -0.452 e. The van der Waals surface area contributed by atoms with Crippen molar-refractivity contribution >= 4 is 21.9 Å². The largest absolute Gasteiger partial charge is 0.452 e. The van der Waals surface area contributed by atoms with Crippen LogP contribution in [-0.2, 0) is 26.1 Å². The van der Waals surface area contributed by atoms with Crippen LogP contribution in [0, 0.1) is 18.8 Å². The lowest BCUT2D eigenvalue weighted by atomic mass is 9.94. The van der Waals surface area contributed by atoms with Crippen LogP contribution < -0.4 is 5.32 Å². The van der Waals surface area contributed by atoms with Gasteiger partial charge in [0.2, 0.25) is 10.0 Å². The molecule has 8 heteroatoms. The van der Waals surface area contributed by atoms with Gasteiger partial charge in [-0.3, -0.25) is 4.79 Å². The minimum atomic E-state index is -3.71. The second-order valence-electron chi connectivity index (χ2n) is 8.63. The zero-order valence-corrected chi connectivity index (χ0v) is 19.5. The average molecular weight is 459 g/mol. The molecule has 2 aromatic carbocycles. The first-order valence-electron chi connectivity index (χ1n) is 10.7. The molecule has 3 rings (SSSR count). The SMILES string of the molecule is Cc1ccc(CNC(=O)COC(=O)c2cccc(S(=O)(=O)N3CC(C)CC(C)C3)c2)cc1. The minimum absolute atomic E-state index is 0.0528. The van der Waals surface area contributed by atoms with Gasteiger partial charge in [-0.15, -0.1) is 0 Å². The van der Waals surface area contributed by atoms with E-state index in [2.05, 4.69) is 5.32 Å². The Bertz CT molecular complexity index is 1060. The van der Waals surface area contributed by atoms with E-state index >= 15 is 0 Å². The molecular weight excluding hydrogens is 428 g/mol. The zero-order chi connectivity index (χ0) is 23.3. The molecule has 0 aromatic heterocycles. The molecule has 2 unspecified atom stereocenters. The zero-order valence-electron chi connectivity index (χ0n) is 18.7. The number of rotatable bonds is 7. The Kier molecular flexibility index (Phi) is 7.69. The fourth-order valence-corrected chi connectivity index (χ4v) is 5.63. The number of ether oxygens (including phenoxy) is 1. The number of esters is 1. The standard InChI is InChI=1S/C24H30N2O5S/c1-17-7-9-20(10-8-17)13-25-23(27)16-31-24(28)21-5-4-6-22(12-21)32(29,30)26-14-18(2)11-19(3)15-26/h4-10,12,18-19H,11,13-16H2,1-3H3,(H,25,27). The van der Waals surface area contributed by atoms with Gasteiger partial charge in [-0.25, -0.2) is 13.2 Å². The lowest BCUT2D eigenvalue weighted by Crippen LogP contribution is -2.42. The van der Waals surface area contributed by atoms with Crippen molar-refractivity contribution in [1.29, 1.82) is 0 Å². The molecule has 0 radical (unpaired) electrons. The summed E-state index contributed by atoms with van der Waals surface area (Å²) >= 11 is 0. The van der Waals surface area contributed by atoms with Crippen molar-refractivity contribution < 1.29 is 22.7 Å². The number of nitrogens with zero attached hydrogens (tertiary/aromatic N) is 1. The fraction of sp³-hybridized carbons (Fsp3) is 0.417. The van der Waals surface area contributed by atoms with Gasteiger partial charge in [-0.05, 0) is 48.9 Å². The quantitative estimate of drug-likeness (QED) is 0.644. The van der Waals surface area contributed by atoms with Crippen molar-refractivity contribution in [2.45, 2.75) is 38.6 Å². The van der Waals surface area contributed by atoms with Crippen molar-refractivity contribution in [3.05, 3.63) is 65.2 Å². The smallest absolute Gasteiger partial charge is 0.338 e. The van der Waals surface area contributed by atoms with Crippen LogP contribution in [0.3, 0.4) is 0 Å². The number of aryl methyl sites for hydroxylation is 1. The summed E-state index contributed by atoms with van der Waals surface area (Å²) in [5.41, 5.74) is 2.16. The molecule has 1 aliphatic rings. The molecule has 0 bridgehead atoms. The molecule has 1 N–H and O–H groups in total. The summed E-state index contributed by atoms with van der Waals surface area (Å²) in [5.74, 6) is -0.618. The molecule has 32 heavy (non-hydrogen) atoms. The first-order valence-corrected chi connectivity index (χ1v) is 12.2. The molecule has 1 saturated heterocycles. The molecule has 2 atom stereocenters. The summed E-state index contributed by atoms with van der Waals surface area (Å²) in [4.78, 5) is 24.5. The number of benzene rings is 2. The molecule has 172 valence electrons. The highest BCUT2D eigenvalue weighted by atomic mass is 32.2. The highest BCUT2D eigenvalue weighted by Crippen LogP contribution is 2.27. The van der Waals surface area contributed by atoms with E-state index in [-0.39, 0.29) is 22.3 Å². The number of carbonyl (C=O) groups is 2. The van der Waals surface area contributed by atoms with Crippen LogP contribution in [-0.4, -0.2) is 44.3 Å². The van der Waals surface area contributed by atoms with E-state index in [1.165, 1.54) is 28.6 Å². The molecule has 1 heterocycles. The van der Waals surface area contributed by atoms with Gasteiger partial charge in [0.15, 0.2) is 6.61 Å². The Labute approximate surface area is 189 Å². The van der Waals surface area contributed by atoms with Gasteiger partial charge in [0.25, 0.3) is 5.91 Å². The second kappa shape index (κ2) is 10.3. The highest BCUT2D eigenvalue weighted by Gasteiger charge is 2.32. The maximum Gasteiger partial charge on any atom is 0.338 e. The van der Waals surface area contributed by atoms with Gasteiger partial charge in [-0.1, -0.05) is 49.7 Å². The first kappa shape index (κ1) is 23.9. The van der Waals surface area contributed by atoms with Gasteiger partial charge < -0.3 is 10.1 Å². The molecule has 7 nitrogen and oxygen atoms in total. The first-order chi connectivity index (χ1) is 15.1. The molecule has 0 saturated carbocycles. The van der Waals surface area contributed by atoms with E-state index in [9.17, 15) is 18.0 Å². The van der Waals surface area contributed by atoms with Gasteiger partial charge in [0, 0.05) is 19.6 Å². The second-order valence-corrected chi connectivity index (χ2v) is 10.6. The molecule has 1 amide bonds. The van der Waals surface area contributed by atoms with Gasteiger partial charge in [0.1, 0.15) is 0 Å². The van der Waals surface area contributed by atoms with Gasteiger partial charge in [0.05, 0.1) is 10.5 Å². The fourth-order valence-electron chi connectivity index (χ4n) is 3.91. The Hall–Kier alpha value is -2.71. The Morgan fingerprint density at radius 3 is 2.38 bits per heavy atom. The summed E-state index contributed by atoms with van der Waals surface area (Å²) in [7, 11) is -3.71. The molecule has 0 aliphatic carbocycles. The Morgan fingerprint density at radius 1 is 1.06 bits per heavy atom. The van der Waals surface area contributed by atoms with Crippen molar-refractivity contribution in [3.63, 3.8) is 0 Å². The van der Waals surface area contributed by atoms with E-state index < -0.39 is 28.5 Å². The number of nitrogens with one attached hydrogen (secondary N) is 1. The van der Waals surface area contributed by atoms with Crippen LogP contribution >= 0.6 is 0 Å². The molecular formula is C24H30N2O5S. The van der Waals surface area contributed by atoms with Crippen LogP contribution in [0.4, 0.5) is 0 Å². The van der Waals surface area contributed by atoms with Crippen molar-refractivity contribution in [2.24, 2.45) is 11.8 Å². The molecule has 2 aromatic rings. The van der Waals surface area contributed by atoms with E-state index in [0.717, 1.165) is 17.5 Å².